The van der Waals surface area contributed by atoms with Crippen LogP contribution in [-0.2, 0) is 22.6 Å². The first-order valence-corrected chi connectivity index (χ1v) is 9.77. The molecule has 0 bridgehead atoms. The van der Waals surface area contributed by atoms with Crippen LogP contribution in [0.5, 0.6) is 0 Å². The van der Waals surface area contributed by atoms with Crippen molar-refractivity contribution in [1.29, 1.82) is 0 Å². The number of amides is 1. The molecule has 2 aromatic rings. The molecule has 1 atom stereocenters. The summed E-state index contributed by atoms with van der Waals surface area (Å²) >= 11 is 1.82. The summed E-state index contributed by atoms with van der Waals surface area (Å²) in [6.07, 6.45) is -0.278. The van der Waals surface area contributed by atoms with Crippen LogP contribution in [0.4, 0.5) is 4.79 Å². The summed E-state index contributed by atoms with van der Waals surface area (Å²) in [5.41, 5.74) is 2.33. The first kappa shape index (κ1) is 18.9. The normalized spacial score (nSPS) is 17.3. The van der Waals surface area contributed by atoms with Crippen LogP contribution >= 0.6 is 11.3 Å². The van der Waals surface area contributed by atoms with Gasteiger partial charge in [-0.2, -0.15) is 0 Å². The first-order valence-electron chi connectivity index (χ1n) is 8.95. The summed E-state index contributed by atoms with van der Waals surface area (Å²) in [6.45, 7) is 7.81. The van der Waals surface area contributed by atoms with Gasteiger partial charge in [-0.25, -0.2) is 4.79 Å². The number of benzene rings is 1. The van der Waals surface area contributed by atoms with Gasteiger partial charge in [0.05, 0.1) is 19.3 Å². The number of ether oxygens (including phenoxy) is 2. The number of aryl methyl sites for hydroxylation is 2. The molecule has 140 valence electrons. The molecule has 26 heavy (non-hydrogen) atoms. The fraction of sp³-hybridized carbons (Fsp3) is 0.450. The molecule has 1 unspecified atom stereocenters. The van der Waals surface area contributed by atoms with Crippen LogP contribution in [0.3, 0.4) is 0 Å². The van der Waals surface area contributed by atoms with Crippen LogP contribution < -0.4 is 5.32 Å². The van der Waals surface area contributed by atoms with Crippen molar-refractivity contribution in [1.82, 2.24) is 10.2 Å². The fourth-order valence-electron chi connectivity index (χ4n) is 3.05. The van der Waals surface area contributed by atoms with Gasteiger partial charge < -0.3 is 19.7 Å². The monoisotopic (exact) mass is 374 g/mol. The van der Waals surface area contributed by atoms with Crippen molar-refractivity contribution >= 4 is 17.4 Å². The number of hydrogen-bond acceptors (Lipinski definition) is 5. The number of carbonyl (C=O) groups excluding carboxylic acids is 1. The van der Waals surface area contributed by atoms with Crippen molar-refractivity contribution in [2.24, 2.45) is 0 Å². The number of morpholine rings is 1. The topological polar surface area (TPSA) is 50.8 Å². The highest BCUT2D eigenvalue weighted by atomic mass is 32.1. The van der Waals surface area contributed by atoms with E-state index in [1.54, 1.807) is 4.90 Å². The number of carbonyl (C=O) groups is 1. The Kier molecular flexibility index (Phi) is 6.66. The van der Waals surface area contributed by atoms with E-state index in [-0.39, 0.29) is 12.2 Å². The van der Waals surface area contributed by atoms with E-state index in [1.807, 2.05) is 41.7 Å². The van der Waals surface area contributed by atoms with Crippen molar-refractivity contribution in [2.75, 3.05) is 26.2 Å². The van der Waals surface area contributed by atoms with E-state index in [1.165, 1.54) is 15.3 Å². The highest BCUT2D eigenvalue weighted by Gasteiger charge is 2.25. The Bertz CT molecular complexity index is 717. The van der Waals surface area contributed by atoms with Crippen molar-refractivity contribution in [2.45, 2.75) is 33.1 Å². The average molecular weight is 375 g/mol. The molecule has 6 heteroatoms. The molecular weight excluding hydrogens is 348 g/mol. The van der Waals surface area contributed by atoms with Crippen LogP contribution in [0.2, 0.25) is 0 Å². The highest BCUT2D eigenvalue weighted by Crippen LogP contribution is 2.20. The van der Waals surface area contributed by atoms with E-state index in [0.29, 0.717) is 26.3 Å². The molecule has 1 aromatic heterocycles. The summed E-state index contributed by atoms with van der Waals surface area (Å²) in [6, 6.07) is 12.0. The van der Waals surface area contributed by atoms with Crippen LogP contribution in [-0.4, -0.2) is 43.3 Å². The van der Waals surface area contributed by atoms with Gasteiger partial charge in [-0.3, -0.25) is 0 Å². The van der Waals surface area contributed by atoms with Gasteiger partial charge in [0, 0.05) is 29.4 Å². The van der Waals surface area contributed by atoms with Gasteiger partial charge >= 0.3 is 6.09 Å². The molecule has 1 N–H and O–H groups in total. The van der Waals surface area contributed by atoms with Crippen molar-refractivity contribution in [3.8, 4) is 0 Å². The van der Waals surface area contributed by atoms with Crippen molar-refractivity contribution in [3.63, 3.8) is 0 Å². The summed E-state index contributed by atoms with van der Waals surface area (Å²) < 4.78 is 11.2. The number of hydrogen-bond donors (Lipinski definition) is 1. The lowest BCUT2D eigenvalue weighted by molar-refractivity contribution is -0.0271. The van der Waals surface area contributed by atoms with Gasteiger partial charge in [0.25, 0.3) is 0 Å². The second kappa shape index (κ2) is 9.16. The Morgan fingerprint density at radius 2 is 2.15 bits per heavy atom. The van der Waals surface area contributed by atoms with E-state index in [2.05, 4.69) is 25.2 Å². The molecule has 1 aliphatic rings. The van der Waals surface area contributed by atoms with Gasteiger partial charge in [-0.15, -0.1) is 11.3 Å². The zero-order valence-corrected chi connectivity index (χ0v) is 16.2. The zero-order chi connectivity index (χ0) is 18.4. The molecule has 2 heterocycles. The smallest absolute Gasteiger partial charge is 0.410 e. The Labute approximate surface area is 158 Å². The molecule has 3 rings (SSSR count). The maximum atomic E-state index is 12.3. The Morgan fingerprint density at radius 3 is 2.88 bits per heavy atom. The quantitative estimate of drug-likeness (QED) is 0.841. The third-order valence-corrected chi connectivity index (χ3v) is 5.44. The van der Waals surface area contributed by atoms with Crippen LogP contribution in [0.1, 0.15) is 20.9 Å². The minimum absolute atomic E-state index is 0.00642. The zero-order valence-electron chi connectivity index (χ0n) is 15.4. The summed E-state index contributed by atoms with van der Waals surface area (Å²) in [5, 5.41) is 3.45. The molecular formula is C20H26N2O3S. The molecule has 0 radical (unpaired) electrons. The van der Waals surface area contributed by atoms with Crippen molar-refractivity contribution < 1.29 is 14.3 Å². The largest absolute Gasteiger partial charge is 0.445 e. The molecule has 1 amide bonds. The van der Waals surface area contributed by atoms with Gasteiger partial charge in [0.2, 0.25) is 0 Å². The lowest BCUT2D eigenvalue weighted by Gasteiger charge is -2.32. The fourth-order valence-corrected chi connectivity index (χ4v) is 3.99. The highest BCUT2D eigenvalue weighted by molar-refractivity contribution is 7.12. The molecule has 1 saturated heterocycles. The summed E-state index contributed by atoms with van der Waals surface area (Å²) in [7, 11) is 0. The minimum atomic E-state index is -0.272. The third-order valence-electron chi connectivity index (χ3n) is 4.43. The predicted octanol–water partition coefficient (Wildman–Crippen LogP) is 3.49. The second-order valence-corrected chi connectivity index (χ2v) is 8.01. The lowest BCUT2D eigenvalue weighted by atomic mass is 10.2. The summed E-state index contributed by atoms with van der Waals surface area (Å²) in [4.78, 5) is 16.7. The Balaban J connectivity index is 1.41. The van der Waals surface area contributed by atoms with Gasteiger partial charge in [-0.05, 0) is 31.0 Å². The molecule has 0 aliphatic carbocycles. The van der Waals surface area contributed by atoms with Gasteiger partial charge in [-0.1, -0.05) is 30.3 Å². The minimum Gasteiger partial charge on any atom is -0.445 e. The standard InChI is InChI=1S/C20H26N2O3S/c1-15-10-18(16(2)26-15)11-21-12-19-13-22(8-9-24-19)20(23)25-14-17-6-4-3-5-7-17/h3-7,10,19,21H,8-9,11-14H2,1-2H3. The maximum Gasteiger partial charge on any atom is 0.410 e. The average Bonchev–Trinajstić information content (AvgIpc) is 2.98. The number of nitrogens with one attached hydrogen (secondary N) is 1. The molecule has 1 aromatic carbocycles. The number of nitrogens with zero attached hydrogens (tertiary/aromatic N) is 1. The van der Waals surface area contributed by atoms with E-state index in [9.17, 15) is 4.79 Å². The van der Waals surface area contributed by atoms with Crippen LogP contribution in [0.25, 0.3) is 0 Å². The first-order chi connectivity index (χ1) is 12.6. The third kappa shape index (κ3) is 5.30. The second-order valence-electron chi connectivity index (χ2n) is 6.55. The Hall–Kier alpha value is -1.89. The predicted molar refractivity (Wildman–Crippen MR) is 103 cm³/mol. The molecule has 5 nitrogen and oxygen atoms in total. The maximum absolute atomic E-state index is 12.3. The van der Waals surface area contributed by atoms with E-state index in [0.717, 1.165) is 18.7 Å². The number of thiophene rings is 1. The van der Waals surface area contributed by atoms with E-state index in [4.69, 9.17) is 9.47 Å². The summed E-state index contributed by atoms with van der Waals surface area (Å²) in [5.74, 6) is 0. The molecule has 1 aliphatic heterocycles. The van der Waals surface area contributed by atoms with Crippen LogP contribution in [0.15, 0.2) is 36.4 Å². The lowest BCUT2D eigenvalue weighted by Crippen LogP contribution is -2.49. The molecule has 0 spiro atoms. The van der Waals surface area contributed by atoms with Crippen molar-refractivity contribution in [3.05, 3.63) is 57.3 Å². The SMILES string of the molecule is Cc1cc(CNCC2CN(C(=O)OCc3ccccc3)CCO2)c(C)s1. The molecule has 0 saturated carbocycles. The molecule has 1 fully saturated rings. The van der Waals surface area contributed by atoms with Crippen LogP contribution in [0, 0.1) is 13.8 Å². The van der Waals surface area contributed by atoms with E-state index >= 15 is 0 Å². The van der Waals surface area contributed by atoms with E-state index < -0.39 is 0 Å². The van der Waals surface area contributed by atoms with Gasteiger partial charge in [0.15, 0.2) is 0 Å². The number of rotatable bonds is 6. The van der Waals surface area contributed by atoms with Gasteiger partial charge in [0.1, 0.15) is 6.61 Å². The Morgan fingerprint density at radius 1 is 1.35 bits per heavy atom.